The Bertz CT molecular complexity index is 998. The molecule has 222 valence electrons. The van der Waals surface area contributed by atoms with Gasteiger partial charge in [0.15, 0.2) is 0 Å². The van der Waals surface area contributed by atoms with Gasteiger partial charge in [-0.2, -0.15) is 15.0 Å². The van der Waals surface area contributed by atoms with Crippen molar-refractivity contribution in [1.29, 1.82) is 0 Å². The first-order valence-electron chi connectivity index (χ1n) is 14.4. The number of amides is 1. The monoisotopic (exact) mass is 558 g/mol. The Labute approximate surface area is 237 Å². The lowest BCUT2D eigenvalue weighted by Crippen LogP contribution is -2.29. The number of anilines is 4. The van der Waals surface area contributed by atoms with Gasteiger partial charge in [-0.3, -0.25) is 4.79 Å². The lowest BCUT2D eigenvalue weighted by atomic mass is 9.93. The molecule has 0 unspecified atom stereocenters. The van der Waals surface area contributed by atoms with Gasteiger partial charge in [0.25, 0.3) is 0 Å². The van der Waals surface area contributed by atoms with Gasteiger partial charge in [0.05, 0.1) is 39.0 Å². The van der Waals surface area contributed by atoms with Crippen molar-refractivity contribution in [2.45, 2.75) is 77.0 Å². The van der Waals surface area contributed by atoms with E-state index < -0.39 is 0 Å². The van der Waals surface area contributed by atoms with E-state index >= 15 is 0 Å². The van der Waals surface area contributed by atoms with Crippen LogP contribution >= 0.6 is 0 Å². The molecule has 0 radical (unpaired) electrons. The summed E-state index contributed by atoms with van der Waals surface area (Å²) < 4.78 is 10.7. The predicted molar refractivity (Wildman–Crippen MR) is 157 cm³/mol. The standard InChI is InChI=1S/C28H46N8O4/c1-3-21(4-2)31-26-34-27(36-28(35-26)33-23-9-11-24(37)12-10-23)32-22-7-5-20(6-8-22)19-25(38)30-14-16-40-18-17-39-15-13-29/h5-8,21,23-24,37H,3-4,9-19,29H2,1-2H3,(H,30,38)(H3,31,32,33,34,35,36). The Morgan fingerprint density at radius 3 is 2.27 bits per heavy atom. The highest BCUT2D eigenvalue weighted by Crippen LogP contribution is 2.23. The molecule has 1 aliphatic rings. The maximum atomic E-state index is 12.3. The minimum Gasteiger partial charge on any atom is -0.393 e. The van der Waals surface area contributed by atoms with Crippen LogP contribution < -0.4 is 27.0 Å². The van der Waals surface area contributed by atoms with Crippen molar-refractivity contribution in [3.63, 3.8) is 0 Å². The number of aromatic nitrogens is 3. The van der Waals surface area contributed by atoms with E-state index in [2.05, 4.69) is 50.1 Å². The van der Waals surface area contributed by atoms with Crippen molar-refractivity contribution in [2.75, 3.05) is 55.5 Å². The molecule has 3 rings (SSSR count). The van der Waals surface area contributed by atoms with Gasteiger partial charge in [-0.25, -0.2) is 0 Å². The molecule has 12 heteroatoms. The normalized spacial score (nSPS) is 17.0. The minimum atomic E-state index is -0.221. The molecule has 0 saturated heterocycles. The zero-order chi connectivity index (χ0) is 28.6. The molecule has 7 N–H and O–H groups in total. The van der Waals surface area contributed by atoms with Crippen molar-refractivity contribution < 1.29 is 19.4 Å². The third-order valence-corrected chi connectivity index (χ3v) is 6.76. The number of nitrogens with two attached hydrogens (primary N) is 1. The fourth-order valence-electron chi connectivity index (χ4n) is 4.39. The second-order valence-corrected chi connectivity index (χ2v) is 9.98. The molecule has 1 saturated carbocycles. The Morgan fingerprint density at radius 1 is 0.950 bits per heavy atom. The summed E-state index contributed by atoms with van der Waals surface area (Å²) in [5.41, 5.74) is 7.06. The largest absolute Gasteiger partial charge is 0.393 e. The number of hydrogen-bond acceptors (Lipinski definition) is 11. The smallest absolute Gasteiger partial charge is 0.233 e. The second kappa shape index (κ2) is 17.6. The van der Waals surface area contributed by atoms with E-state index in [-0.39, 0.29) is 30.5 Å². The molecule has 40 heavy (non-hydrogen) atoms. The SMILES string of the molecule is CCC(CC)Nc1nc(Nc2ccc(CC(=O)NCCOCCOCCN)cc2)nc(NC2CCC(O)CC2)n1. The highest BCUT2D eigenvalue weighted by molar-refractivity contribution is 5.78. The Morgan fingerprint density at radius 2 is 1.60 bits per heavy atom. The topological polar surface area (TPSA) is 169 Å². The summed E-state index contributed by atoms with van der Waals surface area (Å²) in [5.74, 6) is 1.39. The average Bonchev–Trinajstić information content (AvgIpc) is 2.95. The van der Waals surface area contributed by atoms with Crippen LogP contribution in [-0.2, 0) is 20.7 Å². The summed E-state index contributed by atoms with van der Waals surface area (Å²) in [6.45, 7) is 7.12. The molecule has 0 aliphatic heterocycles. The molecule has 2 aromatic rings. The fourth-order valence-corrected chi connectivity index (χ4v) is 4.39. The summed E-state index contributed by atoms with van der Waals surface area (Å²) in [6.07, 6.45) is 5.27. The molecule has 0 bridgehead atoms. The van der Waals surface area contributed by atoms with Crippen LogP contribution in [0.1, 0.15) is 57.9 Å². The van der Waals surface area contributed by atoms with Crippen molar-refractivity contribution in [3.8, 4) is 0 Å². The number of aliphatic hydroxyl groups excluding tert-OH is 1. The quantitative estimate of drug-likeness (QED) is 0.149. The number of rotatable bonds is 18. The summed E-state index contributed by atoms with van der Waals surface area (Å²) >= 11 is 0. The maximum Gasteiger partial charge on any atom is 0.233 e. The zero-order valence-corrected chi connectivity index (χ0v) is 23.8. The second-order valence-electron chi connectivity index (χ2n) is 9.98. The third kappa shape index (κ3) is 11.6. The van der Waals surface area contributed by atoms with E-state index in [0.717, 1.165) is 49.8 Å². The lowest BCUT2D eigenvalue weighted by molar-refractivity contribution is -0.120. The van der Waals surface area contributed by atoms with Gasteiger partial charge in [0.1, 0.15) is 0 Å². The van der Waals surface area contributed by atoms with Crippen molar-refractivity contribution in [3.05, 3.63) is 29.8 Å². The summed E-state index contributed by atoms with van der Waals surface area (Å²) in [7, 11) is 0. The number of aliphatic hydroxyl groups is 1. The molecule has 1 aliphatic carbocycles. The van der Waals surface area contributed by atoms with E-state index in [1.165, 1.54) is 0 Å². The van der Waals surface area contributed by atoms with Gasteiger partial charge in [0.2, 0.25) is 23.8 Å². The summed E-state index contributed by atoms with van der Waals surface area (Å²) in [5, 5.41) is 22.8. The molecule has 1 heterocycles. The van der Waals surface area contributed by atoms with Crippen LogP contribution in [0.3, 0.4) is 0 Å². The van der Waals surface area contributed by atoms with Crippen LogP contribution in [-0.4, -0.2) is 83.7 Å². The van der Waals surface area contributed by atoms with Crippen LogP contribution in [0.25, 0.3) is 0 Å². The molecule has 1 aromatic heterocycles. The number of benzene rings is 1. The average molecular weight is 559 g/mol. The Kier molecular flexibility index (Phi) is 13.8. The Balaban J connectivity index is 1.53. The molecular formula is C28H46N8O4. The first kappa shape index (κ1) is 31.5. The first-order chi connectivity index (χ1) is 19.5. The zero-order valence-electron chi connectivity index (χ0n) is 23.8. The first-order valence-corrected chi connectivity index (χ1v) is 14.4. The van der Waals surface area contributed by atoms with Crippen molar-refractivity contribution in [1.82, 2.24) is 20.3 Å². The van der Waals surface area contributed by atoms with E-state index in [9.17, 15) is 9.90 Å². The van der Waals surface area contributed by atoms with E-state index in [1.807, 2.05) is 24.3 Å². The van der Waals surface area contributed by atoms with Gasteiger partial charge >= 0.3 is 0 Å². The van der Waals surface area contributed by atoms with Crippen LogP contribution in [0.2, 0.25) is 0 Å². The van der Waals surface area contributed by atoms with E-state index in [4.69, 9.17) is 15.2 Å². The van der Waals surface area contributed by atoms with E-state index in [1.54, 1.807) is 0 Å². The van der Waals surface area contributed by atoms with Crippen LogP contribution in [0.15, 0.2) is 24.3 Å². The van der Waals surface area contributed by atoms with E-state index in [0.29, 0.717) is 57.4 Å². The number of carbonyl (C=O) groups is 1. The number of nitrogens with zero attached hydrogens (tertiary/aromatic N) is 3. The predicted octanol–water partition coefficient (Wildman–Crippen LogP) is 2.58. The molecule has 0 atom stereocenters. The molecule has 1 fully saturated rings. The molecule has 0 spiro atoms. The van der Waals surface area contributed by atoms with Gasteiger partial charge in [-0.1, -0.05) is 26.0 Å². The van der Waals surface area contributed by atoms with Crippen molar-refractivity contribution in [2.24, 2.45) is 5.73 Å². The van der Waals surface area contributed by atoms with Crippen molar-refractivity contribution >= 4 is 29.4 Å². The third-order valence-electron chi connectivity index (χ3n) is 6.76. The van der Waals surface area contributed by atoms with Gasteiger partial charge in [-0.15, -0.1) is 0 Å². The molecule has 1 amide bonds. The lowest BCUT2D eigenvalue weighted by Gasteiger charge is -2.26. The highest BCUT2D eigenvalue weighted by atomic mass is 16.5. The van der Waals surface area contributed by atoms with Gasteiger partial charge < -0.3 is 41.6 Å². The van der Waals surface area contributed by atoms with Crippen LogP contribution in [0.5, 0.6) is 0 Å². The van der Waals surface area contributed by atoms with Crippen LogP contribution in [0, 0.1) is 0 Å². The summed E-state index contributed by atoms with van der Waals surface area (Å²) in [4.78, 5) is 26.1. The Hall–Kier alpha value is -3.06. The fraction of sp³-hybridized carbons (Fsp3) is 0.643. The maximum absolute atomic E-state index is 12.3. The molecule has 12 nitrogen and oxygen atoms in total. The molecule has 1 aromatic carbocycles. The molecular weight excluding hydrogens is 512 g/mol. The van der Waals surface area contributed by atoms with Gasteiger partial charge in [0, 0.05) is 30.9 Å². The number of ether oxygens (including phenoxy) is 2. The van der Waals surface area contributed by atoms with Crippen LogP contribution in [0.4, 0.5) is 23.5 Å². The highest BCUT2D eigenvalue weighted by Gasteiger charge is 2.21. The summed E-state index contributed by atoms with van der Waals surface area (Å²) in [6, 6.07) is 8.10. The number of hydrogen-bond donors (Lipinski definition) is 6. The number of carbonyl (C=O) groups excluding carboxylic acids is 1. The van der Waals surface area contributed by atoms with Gasteiger partial charge in [-0.05, 0) is 56.2 Å². The number of nitrogens with one attached hydrogen (secondary N) is 4. The minimum absolute atomic E-state index is 0.0655.